The van der Waals surface area contributed by atoms with E-state index in [-0.39, 0.29) is 0 Å². The van der Waals surface area contributed by atoms with Crippen LogP contribution in [0.5, 0.6) is 5.88 Å². The second kappa shape index (κ2) is 8.58. The van der Waals surface area contributed by atoms with Crippen molar-refractivity contribution in [1.82, 2.24) is 29.9 Å². The van der Waals surface area contributed by atoms with Crippen molar-refractivity contribution in [3.05, 3.63) is 36.2 Å². The summed E-state index contributed by atoms with van der Waals surface area (Å²) in [5.74, 6) is 0.680. The molecule has 0 aliphatic heterocycles. The van der Waals surface area contributed by atoms with E-state index in [0.717, 1.165) is 5.56 Å². The van der Waals surface area contributed by atoms with E-state index in [4.69, 9.17) is 4.74 Å². The Kier molecular flexibility index (Phi) is 5.80. The van der Waals surface area contributed by atoms with E-state index >= 15 is 0 Å². The first-order chi connectivity index (χ1) is 15.7. The number of ether oxygens (including phenoxy) is 1. The maximum atomic E-state index is 12.6. The van der Waals surface area contributed by atoms with Crippen LogP contribution in [0.2, 0.25) is 0 Å². The van der Waals surface area contributed by atoms with Gasteiger partial charge < -0.3 is 20.5 Å². The lowest BCUT2D eigenvalue weighted by Crippen LogP contribution is -2.35. The number of halogens is 3. The fourth-order valence-corrected chi connectivity index (χ4v) is 3.26. The lowest BCUT2D eigenvalue weighted by atomic mass is 10.1. The van der Waals surface area contributed by atoms with Gasteiger partial charge in [-0.2, -0.15) is 18.3 Å². The number of nitrogens with one attached hydrogen (secondary N) is 3. The zero-order valence-electron chi connectivity index (χ0n) is 17.9. The van der Waals surface area contributed by atoms with Crippen LogP contribution < -0.4 is 15.4 Å². The van der Waals surface area contributed by atoms with Crippen LogP contribution in [0.3, 0.4) is 0 Å². The molecule has 0 aliphatic carbocycles. The maximum absolute atomic E-state index is 12.6. The highest BCUT2D eigenvalue weighted by Gasteiger charge is 2.38. The molecule has 1 atom stereocenters. The molecule has 0 spiro atoms. The number of fused-ring (bicyclic) bond motifs is 1. The van der Waals surface area contributed by atoms with E-state index < -0.39 is 18.8 Å². The quantitative estimate of drug-likeness (QED) is 0.330. The summed E-state index contributed by atoms with van der Waals surface area (Å²) in [6.07, 6.45) is -3.84. The summed E-state index contributed by atoms with van der Waals surface area (Å²) in [7, 11) is 3.26. The summed E-state index contributed by atoms with van der Waals surface area (Å²) in [6, 6.07) is 5.04. The molecule has 0 aliphatic rings. The van der Waals surface area contributed by atoms with Crippen LogP contribution in [-0.2, 0) is 7.05 Å². The fraction of sp³-hybridized carbons (Fsp3) is 0.300. The number of hydrogen-bond donors (Lipinski definition) is 4. The van der Waals surface area contributed by atoms with Crippen molar-refractivity contribution in [1.29, 1.82) is 0 Å². The monoisotopic (exact) mass is 462 g/mol. The second-order valence-electron chi connectivity index (χ2n) is 7.31. The summed E-state index contributed by atoms with van der Waals surface area (Å²) < 4.78 is 44.7. The molecule has 0 bridgehead atoms. The lowest BCUT2D eigenvalue weighted by Gasteiger charge is -2.15. The number of aryl methyl sites for hydroxylation is 2. The van der Waals surface area contributed by atoms with Crippen LogP contribution in [0.25, 0.3) is 22.3 Å². The number of H-pyrrole nitrogens is 1. The number of aliphatic hydroxyl groups is 1. The van der Waals surface area contributed by atoms with Crippen LogP contribution in [0.4, 0.5) is 30.5 Å². The Balaban J connectivity index is 1.66. The van der Waals surface area contributed by atoms with Gasteiger partial charge in [-0.3, -0.25) is 9.78 Å². The van der Waals surface area contributed by atoms with Crippen molar-refractivity contribution < 1.29 is 23.0 Å². The van der Waals surface area contributed by atoms with Crippen LogP contribution >= 0.6 is 0 Å². The third-order valence-electron chi connectivity index (χ3n) is 4.89. The molecular formula is C20H21F3N8O2. The molecule has 3 heterocycles. The van der Waals surface area contributed by atoms with Gasteiger partial charge in [0, 0.05) is 25.2 Å². The lowest BCUT2D eigenvalue weighted by molar-refractivity contribution is -0.198. The van der Waals surface area contributed by atoms with Gasteiger partial charge in [-0.05, 0) is 18.6 Å². The highest BCUT2D eigenvalue weighted by Crippen LogP contribution is 2.32. The number of alkyl halides is 3. The van der Waals surface area contributed by atoms with Crippen molar-refractivity contribution in [3.63, 3.8) is 0 Å². The van der Waals surface area contributed by atoms with Gasteiger partial charge >= 0.3 is 6.18 Å². The molecule has 0 fully saturated rings. The summed E-state index contributed by atoms with van der Waals surface area (Å²) >= 11 is 0. The summed E-state index contributed by atoms with van der Waals surface area (Å²) in [5, 5.41) is 26.9. The molecule has 1 aromatic carbocycles. The molecule has 10 nitrogen and oxygen atoms in total. The number of aromatic amines is 1. The Bertz CT molecular complexity index is 1280. The number of methoxy groups -OCH3 is 1. The first kappa shape index (κ1) is 22.3. The molecule has 0 saturated carbocycles. The van der Waals surface area contributed by atoms with Crippen LogP contribution in [0.1, 0.15) is 5.56 Å². The largest absolute Gasteiger partial charge is 0.478 e. The molecule has 1 unspecified atom stereocenters. The zero-order valence-corrected chi connectivity index (χ0v) is 17.9. The highest BCUT2D eigenvalue weighted by molar-refractivity contribution is 5.99. The van der Waals surface area contributed by atoms with E-state index in [1.807, 2.05) is 6.92 Å². The molecular weight excluding hydrogens is 441 g/mol. The van der Waals surface area contributed by atoms with Crippen LogP contribution in [0.15, 0.2) is 30.6 Å². The minimum absolute atomic E-state index is 0.298. The molecule has 33 heavy (non-hydrogen) atoms. The first-order valence-electron chi connectivity index (χ1n) is 9.81. The van der Waals surface area contributed by atoms with Gasteiger partial charge in [0.1, 0.15) is 11.2 Å². The average Bonchev–Trinajstić information content (AvgIpc) is 3.35. The smallest absolute Gasteiger partial charge is 0.416 e. The molecule has 4 N–H and O–H groups in total. The number of hydrogen-bond acceptors (Lipinski definition) is 8. The van der Waals surface area contributed by atoms with Gasteiger partial charge in [0.15, 0.2) is 6.10 Å². The molecule has 4 aromatic rings. The Hall–Kier alpha value is -3.87. The van der Waals surface area contributed by atoms with E-state index in [1.165, 1.54) is 7.11 Å². The Morgan fingerprint density at radius 2 is 2.06 bits per heavy atom. The van der Waals surface area contributed by atoms with Gasteiger partial charge in [0.05, 0.1) is 30.4 Å². The van der Waals surface area contributed by atoms with Gasteiger partial charge in [0.2, 0.25) is 5.95 Å². The zero-order chi connectivity index (χ0) is 23.8. The van der Waals surface area contributed by atoms with Crippen LogP contribution in [-0.4, -0.2) is 61.0 Å². The number of aliphatic hydroxyl groups excluding tert-OH is 1. The Labute approximate surface area is 185 Å². The van der Waals surface area contributed by atoms with Crippen molar-refractivity contribution >= 4 is 28.2 Å². The van der Waals surface area contributed by atoms with Gasteiger partial charge in [-0.25, -0.2) is 9.97 Å². The summed E-state index contributed by atoms with van der Waals surface area (Å²) in [5.41, 5.74) is 3.25. The Morgan fingerprint density at radius 1 is 1.27 bits per heavy atom. The van der Waals surface area contributed by atoms with Gasteiger partial charge in [-0.1, -0.05) is 12.1 Å². The minimum atomic E-state index is -4.71. The van der Waals surface area contributed by atoms with E-state index in [1.54, 1.807) is 42.3 Å². The van der Waals surface area contributed by atoms with Crippen molar-refractivity contribution in [3.8, 4) is 17.3 Å². The van der Waals surface area contributed by atoms with Crippen molar-refractivity contribution in [2.24, 2.45) is 7.05 Å². The molecule has 174 valence electrons. The van der Waals surface area contributed by atoms with Crippen molar-refractivity contribution in [2.75, 3.05) is 24.3 Å². The van der Waals surface area contributed by atoms with Gasteiger partial charge in [0.25, 0.3) is 5.88 Å². The normalized spacial score (nSPS) is 12.7. The van der Waals surface area contributed by atoms with E-state index in [9.17, 15) is 18.3 Å². The first-order valence-corrected chi connectivity index (χ1v) is 9.81. The third-order valence-corrected chi connectivity index (χ3v) is 4.89. The second-order valence-corrected chi connectivity index (χ2v) is 7.31. The predicted molar refractivity (Wildman–Crippen MR) is 115 cm³/mol. The molecule has 0 amide bonds. The molecule has 4 rings (SSSR count). The van der Waals surface area contributed by atoms with E-state index in [2.05, 4.69) is 35.9 Å². The number of rotatable bonds is 7. The minimum Gasteiger partial charge on any atom is -0.478 e. The van der Waals surface area contributed by atoms with E-state index in [0.29, 0.717) is 45.5 Å². The Morgan fingerprint density at radius 3 is 2.79 bits per heavy atom. The van der Waals surface area contributed by atoms with Crippen LogP contribution in [0, 0.1) is 6.92 Å². The molecule has 0 radical (unpaired) electrons. The number of nitrogens with zero attached hydrogens (tertiary/aromatic N) is 5. The molecule has 0 saturated heterocycles. The number of anilines is 3. The predicted octanol–water partition coefficient (Wildman–Crippen LogP) is 3.15. The number of aromatic nitrogens is 6. The average molecular weight is 462 g/mol. The summed E-state index contributed by atoms with van der Waals surface area (Å²) in [6.45, 7) is 1.14. The fourth-order valence-electron chi connectivity index (χ4n) is 3.26. The van der Waals surface area contributed by atoms with Gasteiger partial charge in [-0.15, -0.1) is 5.10 Å². The standard InChI is InChI=1S/C20H21F3N8O2/c1-10-7-25-19(26-13-9-31(2)30-18(13)33-3)27-15(10)17-11-5-4-6-12(16(11)28-29-17)24-8-14(32)20(21,22)23/h4-7,9,14,24,32H,8H2,1-3H3,(H,28,29)(H,25,26,27). The SMILES string of the molecule is COc1nn(C)cc1Nc1ncc(C)c(-c2[nH]nc3c(NCC(O)C(F)(F)F)cccc23)n1. The highest BCUT2D eigenvalue weighted by atomic mass is 19.4. The molecule has 13 heteroatoms. The third kappa shape index (κ3) is 4.53. The number of benzene rings is 1. The van der Waals surface area contributed by atoms with Crippen molar-refractivity contribution in [2.45, 2.75) is 19.2 Å². The maximum Gasteiger partial charge on any atom is 0.416 e. The summed E-state index contributed by atoms with van der Waals surface area (Å²) in [4.78, 5) is 8.89. The number of para-hydroxylation sites is 1. The topological polar surface area (TPSA) is 126 Å². The molecule has 3 aromatic heterocycles.